The number of Topliss-reactive ketones (excluding diaryl/α,β-unsaturated/α-hetero) is 6. The fraction of sp³-hybridized carbons (Fsp3) is 0.556. The van der Waals surface area contributed by atoms with Crippen LogP contribution in [0.2, 0.25) is 0 Å². The average Bonchev–Trinajstić information content (AvgIpc) is 3.14. The number of aliphatic hydroxyl groups excluding tert-OH is 3. The van der Waals surface area contributed by atoms with Gasteiger partial charge in [0, 0.05) is 61.1 Å². The Morgan fingerprint density at radius 1 is 0.500 bits per heavy atom. The molecule has 3 rings (SSSR count). The second-order valence-electron chi connectivity index (χ2n) is 11.1. The Labute approximate surface area is 266 Å². The van der Waals surface area contributed by atoms with Crippen molar-refractivity contribution in [2.24, 2.45) is 0 Å². The zero-order valence-electron chi connectivity index (χ0n) is 25.0. The second kappa shape index (κ2) is 12.5. The van der Waals surface area contributed by atoms with Gasteiger partial charge in [0.25, 0.3) is 0 Å². The molecule has 0 aliphatic carbocycles. The number of aliphatic hydroxyl groups is 3. The van der Waals surface area contributed by atoms with E-state index < -0.39 is 16.6 Å². The number of likely N-dealkylation sites (N-methyl/N-ethyl adjacent to an activating group) is 3. The maximum absolute atomic E-state index is 11.6. The van der Waals surface area contributed by atoms with Crippen molar-refractivity contribution in [3.63, 3.8) is 0 Å². The van der Waals surface area contributed by atoms with Crippen molar-refractivity contribution >= 4 is 34.7 Å². The normalized spacial score (nSPS) is 20.7. The first-order valence-corrected chi connectivity index (χ1v) is 12.1. The Balaban J connectivity index is 0.000000563. The monoisotopic (exact) mass is 707 g/mol. The summed E-state index contributed by atoms with van der Waals surface area (Å²) >= 11 is 0. The molecule has 12 nitrogen and oxygen atoms in total. The van der Waals surface area contributed by atoms with E-state index in [1.54, 1.807) is 62.7 Å². The number of ketones is 6. The summed E-state index contributed by atoms with van der Waals surface area (Å²) in [6.45, 7) is 13.8. The first-order chi connectivity index (χ1) is 17.4. The van der Waals surface area contributed by atoms with Crippen LogP contribution in [0.4, 0.5) is 0 Å². The maximum atomic E-state index is 11.6. The van der Waals surface area contributed by atoms with Gasteiger partial charge in [0.05, 0.1) is 0 Å². The van der Waals surface area contributed by atoms with E-state index in [0.29, 0.717) is 0 Å². The molecular weight excluding hydrogens is 668 g/mol. The van der Waals surface area contributed by atoms with Crippen LogP contribution >= 0.6 is 0 Å². The molecule has 0 radical (unpaired) electrons. The largest absolute Gasteiger partial charge is 0.494 e. The molecule has 0 fully saturated rings. The summed E-state index contributed by atoms with van der Waals surface area (Å²) in [5.41, 5.74) is -2.71. The van der Waals surface area contributed by atoms with Gasteiger partial charge in [-0.2, -0.15) is 0 Å². The smallest absolute Gasteiger partial charge is 0.202 e. The van der Waals surface area contributed by atoms with Crippen LogP contribution in [0.1, 0.15) is 62.3 Å². The van der Waals surface area contributed by atoms with Crippen LogP contribution in [0.5, 0.6) is 0 Å². The summed E-state index contributed by atoms with van der Waals surface area (Å²) in [5, 5.41) is 28.5. The number of hydrogen-bond acceptors (Lipinski definition) is 12. The van der Waals surface area contributed by atoms with E-state index in [2.05, 4.69) is 0 Å². The molecule has 0 bridgehead atoms. The molecule has 0 amide bonds. The van der Waals surface area contributed by atoms with Crippen LogP contribution in [0, 0.1) is 39.9 Å². The predicted octanol–water partition coefficient (Wildman–Crippen LogP) is 1.91. The summed E-state index contributed by atoms with van der Waals surface area (Å²) in [4.78, 5) is 72.2. The standard InChI is InChI=1S/3C9H13NO3.Gd/c3*1-5(11)6-7(12)9(2,3)10(4)8(6)13;/h3*13H,1-4H3;. The Bertz CT molecular complexity index is 1100. The van der Waals surface area contributed by atoms with Gasteiger partial charge >= 0.3 is 0 Å². The molecule has 0 saturated carbocycles. The van der Waals surface area contributed by atoms with Gasteiger partial charge in [-0.05, 0) is 62.3 Å². The number of carbonyl (C=O) groups is 6. The van der Waals surface area contributed by atoms with Crippen LogP contribution in [0.25, 0.3) is 0 Å². The minimum Gasteiger partial charge on any atom is -0.494 e. The van der Waals surface area contributed by atoms with Crippen LogP contribution in [-0.4, -0.2) is 102 Å². The van der Waals surface area contributed by atoms with E-state index in [1.165, 1.54) is 35.5 Å². The van der Waals surface area contributed by atoms with Crippen LogP contribution < -0.4 is 0 Å². The predicted molar refractivity (Wildman–Crippen MR) is 142 cm³/mol. The van der Waals surface area contributed by atoms with E-state index >= 15 is 0 Å². The van der Waals surface area contributed by atoms with Crippen molar-refractivity contribution in [3.8, 4) is 0 Å². The van der Waals surface area contributed by atoms with Gasteiger partial charge in [-0.1, -0.05) is 0 Å². The third-order valence-corrected chi connectivity index (χ3v) is 7.54. The Kier molecular flexibility index (Phi) is 11.7. The number of hydrogen-bond donors (Lipinski definition) is 3. The van der Waals surface area contributed by atoms with E-state index in [4.69, 9.17) is 0 Å². The minimum absolute atomic E-state index is 0. The van der Waals surface area contributed by atoms with E-state index in [9.17, 15) is 44.1 Å². The second-order valence-corrected chi connectivity index (χ2v) is 11.1. The molecule has 3 aliphatic rings. The molecule has 3 N–H and O–H groups in total. The van der Waals surface area contributed by atoms with Gasteiger partial charge in [0.1, 0.15) is 33.3 Å². The summed E-state index contributed by atoms with van der Waals surface area (Å²) in [6, 6.07) is 0. The van der Waals surface area contributed by atoms with Crippen LogP contribution in [0.15, 0.2) is 34.4 Å². The fourth-order valence-corrected chi connectivity index (χ4v) is 3.93. The molecule has 0 aromatic carbocycles. The van der Waals surface area contributed by atoms with Gasteiger partial charge in [-0.3, -0.25) is 28.8 Å². The SMILES string of the molecule is CC(=O)C1=C(O)N(C)C(C)(C)C1=O.CC(=O)C1=C(O)N(C)C(C)(C)C1=O.CC(=O)C1=C(O)N(C)C(C)(C)C1=O.[Gd]. The van der Waals surface area contributed by atoms with Crippen LogP contribution in [-0.2, 0) is 28.8 Å². The van der Waals surface area contributed by atoms with E-state index in [-0.39, 0.29) is 109 Å². The van der Waals surface area contributed by atoms with Crippen molar-refractivity contribution in [2.75, 3.05) is 21.1 Å². The van der Waals surface area contributed by atoms with Crippen molar-refractivity contribution in [1.29, 1.82) is 0 Å². The van der Waals surface area contributed by atoms with E-state index in [0.717, 1.165) is 0 Å². The summed E-state index contributed by atoms with van der Waals surface area (Å²) < 4.78 is 0. The Morgan fingerprint density at radius 2 is 0.650 bits per heavy atom. The molecule has 0 atom stereocenters. The molecule has 0 aromatic rings. The van der Waals surface area contributed by atoms with Gasteiger partial charge in [-0.15, -0.1) is 0 Å². The number of nitrogens with zero attached hydrogens (tertiary/aromatic N) is 3. The third-order valence-electron chi connectivity index (χ3n) is 7.54. The average molecular weight is 707 g/mol. The molecule has 0 unspecified atom stereocenters. The fourth-order valence-electron chi connectivity index (χ4n) is 3.93. The Morgan fingerprint density at radius 3 is 0.700 bits per heavy atom. The molecular formula is C27H39GdN3O9. The van der Waals surface area contributed by atoms with E-state index in [1.807, 2.05) is 0 Å². The quantitative estimate of drug-likeness (QED) is 0.365. The van der Waals surface area contributed by atoms with Gasteiger partial charge < -0.3 is 30.0 Å². The first kappa shape index (κ1) is 37.4. The molecule has 0 spiro atoms. The molecule has 40 heavy (non-hydrogen) atoms. The molecule has 224 valence electrons. The summed E-state index contributed by atoms with van der Waals surface area (Å²) in [6.07, 6.45) is 0. The van der Waals surface area contributed by atoms with Gasteiger partial charge in [-0.25, -0.2) is 0 Å². The van der Waals surface area contributed by atoms with Crippen molar-refractivity contribution in [2.45, 2.75) is 78.9 Å². The van der Waals surface area contributed by atoms with Crippen molar-refractivity contribution < 1.29 is 84.0 Å². The number of rotatable bonds is 3. The molecule has 3 heterocycles. The zero-order chi connectivity index (χ0) is 31.2. The van der Waals surface area contributed by atoms with Gasteiger partial charge in [0.2, 0.25) is 17.6 Å². The maximum Gasteiger partial charge on any atom is 0.202 e. The molecule has 0 aromatic heterocycles. The summed E-state index contributed by atoms with van der Waals surface area (Å²) in [5.74, 6) is -2.78. The molecule has 3 aliphatic heterocycles. The minimum atomic E-state index is -0.814. The topological polar surface area (TPSA) is 173 Å². The number of carbonyl (C=O) groups excluding carboxylic acids is 6. The van der Waals surface area contributed by atoms with Crippen LogP contribution in [0.3, 0.4) is 0 Å². The third kappa shape index (κ3) is 6.31. The van der Waals surface area contributed by atoms with Gasteiger partial charge in [0.15, 0.2) is 34.7 Å². The molecule has 0 saturated heterocycles. The first-order valence-electron chi connectivity index (χ1n) is 12.1. The molecule has 13 heteroatoms. The zero-order valence-corrected chi connectivity index (χ0v) is 27.3. The Hall–Kier alpha value is -2.64. The van der Waals surface area contributed by atoms with Crippen molar-refractivity contribution in [1.82, 2.24) is 14.7 Å². The van der Waals surface area contributed by atoms with Crippen molar-refractivity contribution in [3.05, 3.63) is 34.4 Å². The summed E-state index contributed by atoms with van der Waals surface area (Å²) in [7, 11) is 4.76.